The second kappa shape index (κ2) is 14.3. The first kappa shape index (κ1) is 28.9. The number of amides is 1. The fourth-order valence-corrected chi connectivity index (χ4v) is 7.28. The summed E-state index contributed by atoms with van der Waals surface area (Å²) >= 11 is 0. The molecule has 1 amide bonds. The maximum absolute atomic E-state index is 13.0. The molecule has 0 atom stereocenters. The third-order valence-corrected chi connectivity index (χ3v) is 9.82. The highest BCUT2D eigenvalue weighted by atomic mass is 16.5. The Morgan fingerprint density at radius 3 is 2.05 bits per heavy atom. The molecule has 1 saturated carbocycles. The summed E-state index contributed by atoms with van der Waals surface area (Å²) in [6.45, 7) is 6.18. The van der Waals surface area contributed by atoms with Crippen molar-refractivity contribution < 1.29 is 9.53 Å². The zero-order valence-electron chi connectivity index (χ0n) is 25.0. The molecule has 1 aliphatic carbocycles. The molecule has 2 saturated heterocycles. The highest BCUT2D eigenvalue weighted by Gasteiger charge is 2.28. The Balaban J connectivity index is 0.962. The summed E-state index contributed by atoms with van der Waals surface area (Å²) in [5, 5.41) is 3.22. The van der Waals surface area contributed by atoms with Crippen LogP contribution in [0.15, 0.2) is 84.9 Å². The molecule has 5 nitrogen and oxygen atoms in total. The third-order valence-electron chi connectivity index (χ3n) is 9.82. The van der Waals surface area contributed by atoms with E-state index in [1.165, 1.54) is 62.7 Å². The molecule has 0 bridgehead atoms. The van der Waals surface area contributed by atoms with Gasteiger partial charge >= 0.3 is 0 Å². The number of likely N-dealkylation sites (tertiary alicyclic amines) is 2. The molecule has 3 fully saturated rings. The third kappa shape index (κ3) is 7.62. The maximum atomic E-state index is 13.0. The Morgan fingerprint density at radius 2 is 1.40 bits per heavy atom. The van der Waals surface area contributed by atoms with E-state index in [-0.39, 0.29) is 12.0 Å². The lowest BCUT2D eigenvalue weighted by Crippen LogP contribution is -2.42. The topological polar surface area (TPSA) is 44.8 Å². The van der Waals surface area contributed by atoms with Crippen molar-refractivity contribution in [2.75, 3.05) is 39.3 Å². The van der Waals surface area contributed by atoms with E-state index in [2.05, 4.69) is 75.8 Å². The van der Waals surface area contributed by atoms with Crippen LogP contribution in [-0.2, 0) is 0 Å². The first-order valence-corrected chi connectivity index (χ1v) is 16.3. The highest BCUT2D eigenvalue weighted by molar-refractivity contribution is 5.94. The van der Waals surface area contributed by atoms with E-state index in [1.54, 1.807) is 0 Å². The Kier molecular flexibility index (Phi) is 9.89. The minimum atomic E-state index is 0.0151. The summed E-state index contributed by atoms with van der Waals surface area (Å²) in [6.07, 6.45) is 10.1. The van der Waals surface area contributed by atoms with Crippen molar-refractivity contribution in [1.29, 1.82) is 0 Å². The molecule has 0 aromatic heterocycles. The SMILES string of the molecule is O=C(NCC1CCN(C2CCCC2)CC1)c1cccc(OC2CCN(CC(c3ccccc3)c3ccccc3)CC2)c1. The second-order valence-electron chi connectivity index (χ2n) is 12.6. The van der Waals surface area contributed by atoms with Crippen LogP contribution in [0.3, 0.4) is 0 Å². The molecule has 1 N–H and O–H groups in total. The quantitative estimate of drug-likeness (QED) is 0.296. The minimum absolute atomic E-state index is 0.0151. The van der Waals surface area contributed by atoms with Crippen LogP contribution in [0.5, 0.6) is 5.75 Å². The number of hydrogen-bond donors (Lipinski definition) is 1. The predicted octanol–water partition coefficient (Wildman–Crippen LogP) is 6.75. The molecular formula is C37H47N3O2. The van der Waals surface area contributed by atoms with Gasteiger partial charge in [-0.3, -0.25) is 4.79 Å². The van der Waals surface area contributed by atoms with Crippen molar-refractivity contribution in [3.8, 4) is 5.75 Å². The van der Waals surface area contributed by atoms with Gasteiger partial charge in [-0.05, 0) is 86.9 Å². The Labute approximate surface area is 252 Å². The standard InChI is InChI=1S/C37H47N3O2/c41-37(38-27-29-18-24-40(25-19-29)33-15-7-8-16-33)32-14-9-17-35(26-32)42-34-20-22-39(23-21-34)28-36(30-10-3-1-4-11-30)31-12-5-2-6-13-31/h1-6,9-14,17,26,29,33-34,36H,7-8,15-16,18-25,27-28H2,(H,38,41). The minimum Gasteiger partial charge on any atom is -0.490 e. The highest BCUT2D eigenvalue weighted by Crippen LogP contribution is 2.29. The van der Waals surface area contributed by atoms with Gasteiger partial charge in [0.2, 0.25) is 0 Å². The fraction of sp³-hybridized carbons (Fsp3) is 0.486. The lowest BCUT2D eigenvalue weighted by atomic mass is 9.90. The lowest BCUT2D eigenvalue weighted by molar-refractivity contribution is 0.0917. The molecule has 222 valence electrons. The lowest BCUT2D eigenvalue weighted by Gasteiger charge is -2.36. The van der Waals surface area contributed by atoms with Gasteiger partial charge in [0.15, 0.2) is 0 Å². The van der Waals surface area contributed by atoms with Crippen LogP contribution in [0, 0.1) is 5.92 Å². The van der Waals surface area contributed by atoms with Crippen LogP contribution in [-0.4, -0.2) is 67.1 Å². The molecule has 0 radical (unpaired) electrons. The van der Waals surface area contributed by atoms with E-state index >= 15 is 0 Å². The van der Waals surface area contributed by atoms with Gasteiger partial charge < -0.3 is 19.9 Å². The number of ether oxygens (including phenoxy) is 1. The van der Waals surface area contributed by atoms with Crippen LogP contribution in [0.4, 0.5) is 0 Å². The summed E-state index contributed by atoms with van der Waals surface area (Å²) in [5.74, 6) is 1.76. The molecule has 42 heavy (non-hydrogen) atoms. The number of piperidine rings is 2. The van der Waals surface area contributed by atoms with Crippen molar-refractivity contribution in [1.82, 2.24) is 15.1 Å². The first-order chi connectivity index (χ1) is 20.7. The van der Waals surface area contributed by atoms with Gasteiger partial charge in [0.05, 0.1) is 0 Å². The molecule has 3 aliphatic rings. The average molecular weight is 566 g/mol. The molecule has 5 heteroatoms. The van der Waals surface area contributed by atoms with E-state index in [1.807, 2.05) is 24.3 Å². The molecule has 2 aliphatic heterocycles. The first-order valence-electron chi connectivity index (χ1n) is 16.3. The van der Waals surface area contributed by atoms with Crippen molar-refractivity contribution >= 4 is 5.91 Å². The van der Waals surface area contributed by atoms with Crippen LogP contribution < -0.4 is 10.1 Å². The molecule has 0 unspecified atom stereocenters. The van der Waals surface area contributed by atoms with Crippen molar-refractivity contribution in [3.63, 3.8) is 0 Å². The van der Waals surface area contributed by atoms with Gasteiger partial charge in [0, 0.05) is 43.7 Å². The van der Waals surface area contributed by atoms with E-state index in [9.17, 15) is 4.79 Å². The summed E-state index contributed by atoms with van der Waals surface area (Å²) in [4.78, 5) is 18.3. The van der Waals surface area contributed by atoms with Crippen LogP contribution >= 0.6 is 0 Å². The normalized spacial score (nSPS) is 19.7. The van der Waals surface area contributed by atoms with Crippen LogP contribution in [0.1, 0.15) is 78.8 Å². The number of carbonyl (C=O) groups excluding carboxylic acids is 1. The summed E-state index contributed by atoms with van der Waals surface area (Å²) < 4.78 is 6.41. The summed E-state index contributed by atoms with van der Waals surface area (Å²) in [5.41, 5.74) is 3.43. The number of hydrogen-bond acceptors (Lipinski definition) is 4. The van der Waals surface area contributed by atoms with E-state index in [0.29, 0.717) is 17.4 Å². The van der Waals surface area contributed by atoms with E-state index in [0.717, 1.165) is 50.8 Å². The van der Waals surface area contributed by atoms with Gasteiger partial charge in [-0.25, -0.2) is 0 Å². The smallest absolute Gasteiger partial charge is 0.251 e. The maximum Gasteiger partial charge on any atom is 0.251 e. The van der Waals surface area contributed by atoms with Gasteiger partial charge in [0.1, 0.15) is 11.9 Å². The van der Waals surface area contributed by atoms with Gasteiger partial charge in [-0.2, -0.15) is 0 Å². The number of carbonyl (C=O) groups is 1. The predicted molar refractivity (Wildman–Crippen MR) is 170 cm³/mol. The molecule has 3 aromatic rings. The van der Waals surface area contributed by atoms with Crippen LogP contribution in [0.25, 0.3) is 0 Å². The number of rotatable bonds is 10. The average Bonchev–Trinajstić information content (AvgIpc) is 3.60. The zero-order valence-corrected chi connectivity index (χ0v) is 25.0. The number of nitrogens with one attached hydrogen (secondary N) is 1. The number of benzene rings is 3. The summed E-state index contributed by atoms with van der Waals surface area (Å²) in [6, 6.07) is 30.3. The van der Waals surface area contributed by atoms with E-state index < -0.39 is 0 Å². The zero-order chi connectivity index (χ0) is 28.6. The molecule has 3 aromatic carbocycles. The van der Waals surface area contributed by atoms with Crippen LogP contribution in [0.2, 0.25) is 0 Å². The fourth-order valence-electron chi connectivity index (χ4n) is 7.28. The van der Waals surface area contributed by atoms with Crippen molar-refractivity contribution in [2.24, 2.45) is 5.92 Å². The second-order valence-corrected chi connectivity index (χ2v) is 12.6. The number of nitrogens with zero attached hydrogens (tertiary/aromatic N) is 2. The summed E-state index contributed by atoms with van der Waals surface area (Å²) in [7, 11) is 0. The van der Waals surface area contributed by atoms with Gasteiger partial charge in [0.25, 0.3) is 5.91 Å². The largest absolute Gasteiger partial charge is 0.490 e. The molecular weight excluding hydrogens is 518 g/mol. The van der Waals surface area contributed by atoms with E-state index in [4.69, 9.17) is 4.74 Å². The Morgan fingerprint density at radius 1 is 0.762 bits per heavy atom. The molecule has 6 rings (SSSR count). The Hall–Kier alpha value is -3.15. The molecule has 0 spiro atoms. The molecule has 2 heterocycles. The van der Waals surface area contributed by atoms with Gasteiger partial charge in [-0.15, -0.1) is 0 Å². The monoisotopic (exact) mass is 565 g/mol. The Bertz CT molecular complexity index is 1200. The van der Waals surface area contributed by atoms with Crippen molar-refractivity contribution in [2.45, 2.75) is 69.4 Å². The van der Waals surface area contributed by atoms with Gasteiger partial charge in [-0.1, -0.05) is 79.6 Å². The van der Waals surface area contributed by atoms with Crippen molar-refractivity contribution in [3.05, 3.63) is 102 Å².